The second-order valence-electron chi connectivity index (χ2n) is 6.21. The first-order valence-corrected chi connectivity index (χ1v) is 10.2. The second-order valence-corrected chi connectivity index (χ2v) is 7.88. The summed E-state index contributed by atoms with van der Waals surface area (Å²) in [5.41, 5.74) is -0.744. The zero-order chi connectivity index (χ0) is 20.4. The van der Waals surface area contributed by atoms with Crippen molar-refractivity contribution >= 4 is 38.4 Å². The summed E-state index contributed by atoms with van der Waals surface area (Å²) in [7, 11) is 0. The minimum atomic E-state index is -4.40. The molecule has 1 aliphatic rings. The minimum absolute atomic E-state index is 0.0949. The van der Waals surface area contributed by atoms with Crippen LogP contribution in [0.2, 0.25) is 0 Å². The van der Waals surface area contributed by atoms with Crippen LogP contribution >= 0.6 is 27.5 Å². The lowest BCUT2D eigenvalue weighted by molar-refractivity contribution is -0.137. The minimum Gasteiger partial charge on any atom is -0.453 e. The van der Waals surface area contributed by atoms with E-state index >= 15 is 0 Å². The van der Waals surface area contributed by atoms with Crippen molar-refractivity contribution in [3.8, 4) is 11.5 Å². The van der Waals surface area contributed by atoms with Crippen LogP contribution in [0.3, 0.4) is 0 Å². The second kappa shape index (κ2) is 8.25. The maximum absolute atomic E-state index is 12.7. The summed E-state index contributed by atoms with van der Waals surface area (Å²) in [6.07, 6.45) is -1.06. The largest absolute Gasteiger partial charge is 0.453 e. The maximum atomic E-state index is 12.7. The predicted octanol–water partition coefficient (Wildman–Crippen LogP) is 6.10. The molecule has 1 N–H and O–H groups in total. The van der Waals surface area contributed by atoms with Crippen LogP contribution in [0, 0.1) is 0 Å². The summed E-state index contributed by atoms with van der Waals surface area (Å²) in [5, 5.41) is 3.57. The van der Waals surface area contributed by atoms with E-state index in [1.54, 1.807) is 12.3 Å². The highest BCUT2D eigenvalue weighted by molar-refractivity contribution is 9.10. The highest BCUT2D eigenvalue weighted by Gasteiger charge is 2.30. The third-order valence-electron chi connectivity index (χ3n) is 4.11. The Labute approximate surface area is 176 Å². The summed E-state index contributed by atoms with van der Waals surface area (Å²) >= 11 is 4.49. The molecule has 1 saturated heterocycles. The summed E-state index contributed by atoms with van der Waals surface area (Å²) in [5.74, 6) is 1.56. The van der Waals surface area contributed by atoms with Crippen LogP contribution in [0.1, 0.15) is 30.3 Å². The average Bonchev–Trinajstić information content (AvgIpc) is 3.35. The molecule has 0 aliphatic carbocycles. The van der Waals surface area contributed by atoms with Gasteiger partial charge in [-0.25, -0.2) is 9.97 Å². The van der Waals surface area contributed by atoms with Gasteiger partial charge in [-0.1, -0.05) is 0 Å². The molecule has 0 amide bonds. The van der Waals surface area contributed by atoms with E-state index in [9.17, 15) is 13.2 Å². The SMILES string of the molecule is FC(F)(F)c1ccc(Oc2cc(Br)cnc2Nc2nc(C3CCCO3)ns2)cc1. The van der Waals surface area contributed by atoms with Gasteiger partial charge in [-0.3, -0.25) is 0 Å². The average molecular weight is 487 g/mol. The number of pyridine rings is 1. The predicted molar refractivity (Wildman–Crippen MR) is 105 cm³/mol. The van der Waals surface area contributed by atoms with Crippen LogP contribution in [0.25, 0.3) is 0 Å². The van der Waals surface area contributed by atoms with Gasteiger partial charge in [0.05, 0.1) is 5.56 Å². The number of aromatic nitrogens is 3. The van der Waals surface area contributed by atoms with Crippen molar-refractivity contribution in [3.63, 3.8) is 0 Å². The molecule has 0 saturated carbocycles. The molecule has 1 unspecified atom stereocenters. The number of nitrogens with one attached hydrogen (secondary N) is 1. The Hall–Kier alpha value is -2.24. The number of rotatable bonds is 5. The fraction of sp³-hybridized carbons (Fsp3) is 0.278. The molecule has 11 heteroatoms. The van der Waals surface area contributed by atoms with Gasteiger partial charge in [0, 0.05) is 34.9 Å². The van der Waals surface area contributed by atoms with Crippen molar-refractivity contribution in [1.29, 1.82) is 0 Å². The Bertz CT molecular complexity index is 992. The van der Waals surface area contributed by atoms with E-state index in [2.05, 4.69) is 35.6 Å². The fourth-order valence-corrected chi connectivity index (χ4v) is 3.66. The van der Waals surface area contributed by atoms with Crippen molar-refractivity contribution in [2.24, 2.45) is 0 Å². The Morgan fingerprint density at radius 3 is 2.72 bits per heavy atom. The highest BCUT2D eigenvalue weighted by atomic mass is 79.9. The quantitative estimate of drug-likeness (QED) is 0.469. The summed E-state index contributed by atoms with van der Waals surface area (Å²) in [6, 6.07) is 6.11. The van der Waals surface area contributed by atoms with Crippen molar-refractivity contribution in [2.75, 3.05) is 11.9 Å². The molecule has 0 radical (unpaired) electrons. The number of anilines is 2. The molecular formula is C18H14BrF3N4O2S. The Balaban J connectivity index is 1.53. The van der Waals surface area contributed by atoms with E-state index in [1.165, 1.54) is 23.7 Å². The third-order valence-corrected chi connectivity index (χ3v) is 5.19. The summed E-state index contributed by atoms with van der Waals surface area (Å²) in [6.45, 7) is 0.700. The van der Waals surface area contributed by atoms with Crippen molar-refractivity contribution in [3.05, 3.63) is 52.4 Å². The van der Waals surface area contributed by atoms with E-state index in [0.717, 1.165) is 25.0 Å². The number of alkyl halides is 3. The smallest absolute Gasteiger partial charge is 0.416 e. The van der Waals surface area contributed by atoms with E-state index in [0.29, 0.717) is 33.6 Å². The molecular weight excluding hydrogens is 473 g/mol. The van der Waals surface area contributed by atoms with Gasteiger partial charge < -0.3 is 14.8 Å². The molecule has 1 aliphatic heterocycles. The zero-order valence-corrected chi connectivity index (χ0v) is 17.1. The standard InChI is InChI=1S/C18H14BrF3N4O2S/c19-11-8-14(28-12-5-3-10(4-6-12)18(20,21)22)15(23-9-11)24-17-25-16(26-29-17)13-2-1-7-27-13/h3-6,8-9,13H,1-2,7H2,(H,23,24,25,26). The number of benzene rings is 1. The normalized spacial score (nSPS) is 16.8. The van der Waals surface area contributed by atoms with Gasteiger partial charge in [-0.2, -0.15) is 17.5 Å². The first-order valence-electron chi connectivity index (χ1n) is 8.61. The van der Waals surface area contributed by atoms with E-state index < -0.39 is 11.7 Å². The molecule has 6 nitrogen and oxygen atoms in total. The van der Waals surface area contributed by atoms with Crippen LogP contribution in [0.15, 0.2) is 41.0 Å². The van der Waals surface area contributed by atoms with Gasteiger partial charge >= 0.3 is 6.18 Å². The first kappa shape index (κ1) is 20.0. The summed E-state index contributed by atoms with van der Waals surface area (Å²) < 4.78 is 54.5. The lowest BCUT2D eigenvalue weighted by Crippen LogP contribution is -2.04. The Morgan fingerprint density at radius 1 is 1.24 bits per heavy atom. The van der Waals surface area contributed by atoms with E-state index in [1.807, 2.05) is 0 Å². The molecule has 2 aromatic heterocycles. The molecule has 1 atom stereocenters. The molecule has 1 fully saturated rings. The molecule has 0 spiro atoms. The fourth-order valence-electron chi connectivity index (χ4n) is 2.73. The van der Waals surface area contributed by atoms with Crippen LogP contribution in [-0.4, -0.2) is 20.9 Å². The lowest BCUT2D eigenvalue weighted by atomic mass is 10.2. The molecule has 29 heavy (non-hydrogen) atoms. The number of halogens is 4. The van der Waals surface area contributed by atoms with Gasteiger partial charge in [-0.05, 0) is 53.0 Å². The van der Waals surface area contributed by atoms with E-state index in [4.69, 9.17) is 9.47 Å². The number of nitrogens with zero attached hydrogens (tertiary/aromatic N) is 3. The van der Waals surface area contributed by atoms with Gasteiger partial charge in [0.1, 0.15) is 11.9 Å². The van der Waals surface area contributed by atoms with Crippen LogP contribution in [0.5, 0.6) is 11.5 Å². The maximum Gasteiger partial charge on any atom is 0.416 e. The van der Waals surface area contributed by atoms with Gasteiger partial charge in [0.2, 0.25) is 5.13 Å². The molecule has 0 bridgehead atoms. The van der Waals surface area contributed by atoms with Crippen LogP contribution in [0.4, 0.5) is 24.1 Å². The first-order chi connectivity index (χ1) is 13.9. The van der Waals surface area contributed by atoms with Crippen molar-refractivity contribution in [1.82, 2.24) is 14.3 Å². The Morgan fingerprint density at radius 2 is 2.03 bits per heavy atom. The topological polar surface area (TPSA) is 69.2 Å². The molecule has 4 rings (SSSR count). The van der Waals surface area contributed by atoms with Crippen molar-refractivity contribution < 1.29 is 22.6 Å². The van der Waals surface area contributed by atoms with E-state index in [-0.39, 0.29) is 11.9 Å². The monoisotopic (exact) mass is 486 g/mol. The van der Waals surface area contributed by atoms with Crippen LogP contribution in [-0.2, 0) is 10.9 Å². The molecule has 1 aromatic carbocycles. The number of hydrogen-bond donors (Lipinski definition) is 1. The molecule has 3 heterocycles. The summed E-state index contributed by atoms with van der Waals surface area (Å²) in [4.78, 5) is 8.71. The third kappa shape index (κ3) is 4.85. The van der Waals surface area contributed by atoms with Crippen LogP contribution < -0.4 is 10.1 Å². The van der Waals surface area contributed by atoms with Crippen molar-refractivity contribution in [2.45, 2.75) is 25.1 Å². The number of hydrogen-bond acceptors (Lipinski definition) is 7. The molecule has 3 aromatic rings. The van der Waals surface area contributed by atoms with Gasteiger partial charge in [0.15, 0.2) is 17.4 Å². The highest BCUT2D eigenvalue weighted by Crippen LogP contribution is 2.36. The van der Waals surface area contributed by atoms with Gasteiger partial charge in [0.25, 0.3) is 0 Å². The van der Waals surface area contributed by atoms with Gasteiger partial charge in [-0.15, -0.1) is 0 Å². The number of ether oxygens (including phenoxy) is 2. The Kier molecular flexibility index (Phi) is 5.70. The zero-order valence-electron chi connectivity index (χ0n) is 14.7. The lowest BCUT2D eigenvalue weighted by Gasteiger charge is -2.12. The molecule has 152 valence electrons.